The van der Waals surface area contributed by atoms with E-state index < -0.39 is 0 Å². The molecule has 0 saturated carbocycles. The molecule has 0 N–H and O–H groups in total. The van der Waals surface area contributed by atoms with Crippen LogP contribution in [0.5, 0.6) is 0 Å². The predicted molar refractivity (Wildman–Crippen MR) is 50.9 cm³/mol. The van der Waals surface area contributed by atoms with E-state index in [1.165, 1.54) is 0 Å². The third kappa shape index (κ3) is 2.15. The summed E-state index contributed by atoms with van der Waals surface area (Å²) in [5, 5.41) is 0. The molecule has 0 amide bonds. The van der Waals surface area contributed by atoms with Crippen molar-refractivity contribution in [3.05, 3.63) is 1.81 Å². The van der Waals surface area contributed by atoms with Crippen molar-refractivity contribution >= 4 is 81.2 Å². The molecule has 6 heteroatoms. The Bertz CT molecular complexity index is 286. The summed E-state index contributed by atoms with van der Waals surface area (Å²) >= 11 is 6.10. The summed E-state index contributed by atoms with van der Waals surface area (Å²) in [6.07, 6.45) is 0. The van der Waals surface area contributed by atoms with E-state index in [1.807, 2.05) is 13.8 Å². The predicted octanol–water partition coefficient (Wildman–Crippen LogP) is -2.90. The molecule has 2 heterocycles. The Kier molecular flexibility index (Phi) is 3.65. The van der Waals surface area contributed by atoms with Crippen molar-refractivity contribution in [2.45, 2.75) is 3.90 Å². The Balaban J connectivity index is 2.30. The average Bonchev–Trinajstić information content (AvgIpc) is 2.43. The summed E-state index contributed by atoms with van der Waals surface area (Å²) in [4.78, 5) is 0. The molecular weight excluding hydrogens is 471 g/mol. The molecule has 1 aromatic heterocycles. The number of fused-ring (bicyclic) bond motifs is 1. The van der Waals surface area contributed by atoms with Gasteiger partial charge in [-0.25, -0.2) is 0 Å². The van der Waals surface area contributed by atoms with Gasteiger partial charge in [-0.1, -0.05) is 0 Å². The molecule has 1 aliphatic heterocycles. The Morgan fingerprint density at radius 2 is 1.82 bits per heavy atom. The number of ether oxygens (including phenoxy) is 1. The second-order valence-corrected chi connectivity index (χ2v) is 19.5. The Labute approximate surface area is 97.5 Å². The maximum absolute atomic E-state index is 5.40. The topological polar surface area (TPSA) is 9.23 Å². The molecule has 1 aromatic rings. The van der Waals surface area contributed by atoms with Crippen LogP contribution in [-0.2, 0) is 4.74 Å². The molecule has 0 saturated heterocycles. The Morgan fingerprint density at radius 3 is 2.27 bits per heavy atom. The summed E-state index contributed by atoms with van der Waals surface area (Å²) in [6, 6.07) is 0. The van der Waals surface area contributed by atoms with Crippen LogP contribution >= 0.6 is 0 Å². The third-order valence-corrected chi connectivity index (χ3v) is 19.1. The fourth-order valence-corrected chi connectivity index (χ4v) is 27.8. The standard InChI is InChI=1S/C5H4OSe5/c1-6-4-8-2-3(9-4)11-5(7)10-2/h4H,1H3. The molecule has 2 rings (SSSR count). The van der Waals surface area contributed by atoms with Gasteiger partial charge in [-0.15, -0.1) is 0 Å². The van der Waals surface area contributed by atoms with Crippen molar-refractivity contribution in [3.8, 4) is 0 Å². The van der Waals surface area contributed by atoms with Gasteiger partial charge < -0.3 is 0 Å². The van der Waals surface area contributed by atoms with E-state index in [0.29, 0.717) is 33.8 Å². The molecule has 1 nitrogen and oxygen atoms in total. The van der Waals surface area contributed by atoms with Crippen molar-refractivity contribution in [2.24, 2.45) is 0 Å². The zero-order chi connectivity index (χ0) is 7.84. The summed E-state index contributed by atoms with van der Waals surface area (Å²) in [6.45, 7) is 0. The first-order valence-electron chi connectivity index (χ1n) is 2.79. The Hall–Kier alpha value is 2.17. The van der Waals surface area contributed by atoms with Gasteiger partial charge in [0.2, 0.25) is 0 Å². The van der Waals surface area contributed by atoms with Crippen LogP contribution in [0.25, 0.3) is 0 Å². The van der Waals surface area contributed by atoms with Gasteiger partial charge in [-0.05, 0) is 0 Å². The number of hydrogen-bond donors (Lipinski definition) is 0. The quantitative estimate of drug-likeness (QED) is 0.397. The fourth-order valence-electron chi connectivity index (χ4n) is 0.695. The molecular formula is C5H4OSe5. The van der Waals surface area contributed by atoms with Crippen molar-refractivity contribution in [3.63, 3.8) is 0 Å². The first-order chi connectivity index (χ1) is 5.29. The van der Waals surface area contributed by atoms with Gasteiger partial charge in [0.25, 0.3) is 0 Å². The van der Waals surface area contributed by atoms with E-state index in [4.69, 9.17) is 4.74 Å². The van der Waals surface area contributed by atoms with Gasteiger partial charge in [-0.3, -0.25) is 0 Å². The van der Waals surface area contributed by atoms with Crippen LogP contribution in [0, 0.1) is 1.81 Å². The molecule has 0 fully saturated rings. The van der Waals surface area contributed by atoms with Crippen LogP contribution in [0.15, 0.2) is 0 Å². The zero-order valence-electron chi connectivity index (χ0n) is 5.53. The van der Waals surface area contributed by atoms with E-state index in [-0.39, 0.29) is 0 Å². The molecule has 0 aromatic carbocycles. The molecule has 0 unspecified atom stereocenters. The van der Waals surface area contributed by atoms with Gasteiger partial charge in [0, 0.05) is 0 Å². The van der Waals surface area contributed by atoms with Gasteiger partial charge in [0.05, 0.1) is 0 Å². The molecule has 11 heavy (non-hydrogen) atoms. The normalized spacial score (nSPS) is 17.2. The van der Waals surface area contributed by atoms with Gasteiger partial charge in [0.1, 0.15) is 0 Å². The Morgan fingerprint density at radius 1 is 1.27 bits per heavy atom. The van der Waals surface area contributed by atoms with Crippen LogP contribution in [0.2, 0.25) is 0 Å². The molecule has 60 valence electrons. The van der Waals surface area contributed by atoms with Crippen molar-refractivity contribution in [2.75, 3.05) is 7.11 Å². The molecule has 0 spiro atoms. The van der Waals surface area contributed by atoms with Crippen molar-refractivity contribution < 1.29 is 4.74 Å². The van der Waals surface area contributed by atoms with E-state index in [0.717, 1.165) is 29.0 Å². The van der Waals surface area contributed by atoms with Crippen molar-refractivity contribution in [1.82, 2.24) is 0 Å². The van der Waals surface area contributed by atoms with Crippen LogP contribution in [0.3, 0.4) is 0 Å². The van der Waals surface area contributed by atoms with Gasteiger partial charge >= 0.3 is 98.7 Å². The van der Waals surface area contributed by atoms with Crippen molar-refractivity contribution in [1.29, 1.82) is 0 Å². The molecule has 0 bridgehead atoms. The number of hydrogen-bond acceptors (Lipinski definition) is 1. The van der Waals surface area contributed by atoms with Crippen LogP contribution in [0.4, 0.5) is 0 Å². The second kappa shape index (κ2) is 4.13. The van der Waals surface area contributed by atoms with Gasteiger partial charge in [0.15, 0.2) is 0 Å². The van der Waals surface area contributed by atoms with E-state index in [2.05, 4.69) is 15.6 Å². The van der Waals surface area contributed by atoms with Crippen LogP contribution in [-0.4, -0.2) is 85.5 Å². The summed E-state index contributed by atoms with van der Waals surface area (Å²) in [5.74, 6) is 0. The first-order valence-corrected chi connectivity index (χ1v) is 10.8. The number of rotatable bonds is 1. The molecule has 1 aliphatic rings. The van der Waals surface area contributed by atoms with E-state index in [9.17, 15) is 0 Å². The summed E-state index contributed by atoms with van der Waals surface area (Å²) < 4.78 is 11.4. The maximum atomic E-state index is 5.40. The summed E-state index contributed by atoms with van der Waals surface area (Å²) in [5.41, 5.74) is 0. The third-order valence-electron chi connectivity index (χ3n) is 1.12. The second-order valence-electron chi connectivity index (χ2n) is 1.79. The van der Waals surface area contributed by atoms with Crippen LogP contribution in [0.1, 0.15) is 0 Å². The monoisotopic (exact) mass is 480 g/mol. The minimum absolute atomic E-state index is 0.650. The van der Waals surface area contributed by atoms with E-state index in [1.54, 1.807) is 1.81 Å². The minimum atomic E-state index is 0.650. The summed E-state index contributed by atoms with van der Waals surface area (Å²) in [7, 11) is 1.86. The molecule has 0 atom stereocenters. The average molecular weight is 475 g/mol. The van der Waals surface area contributed by atoms with Crippen LogP contribution < -0.4 is 6.67 Å². The zero-order valence-corrected chi connectivity index (χ0v) is 14.1. The molecule has 0 aliphatic carbocycles. The fraction of sp³-hybridized carbons (Fsp3) is 0.400. The first kappa shape index (κ1) is 9.71. The molecule has 0 radical (unpaired) electrons. The number of methoxy groups -OCH3 is 1. The SMILES string of the molecule is COC1[Se]c2[se]c(=[Se])[se]c2[Se]1. The van der Waals surface area contributed by atoms with Gasteiger partial charge in [-0.2, -0.15) is 0 Å². The van der Waals surface area contributed by atoms with E-state index >= 15 is 0 Å².